The van der Waals surface area contributed by atoms with E-state index in [1.165, 1.54) is 14.2 Å². The van der Waals surface area contributed by atoms with Crippen LogP contribution in [0.3, 0.4) is 0 Å². The van der Waals surface area contributed by atoms with Crippen molar-refractivity contribution in [3.05, 3.63) is 11.8 Å². The topological polar surface area (TPSA) is 67.6 Å². The molecular weight excluding hydrogens is 198 g/mol. The van der Waals surface area contributed by atoms with E-state index in [-0.39, 0.29) is 5.92 Å². The van der Waals surface area contributed by atoms with Gasteiger partial charge in [-0.25, -0.2) is 9.86 Å². The number of anilines is 1. The first kappa shape index (κ1) is 11.5. The molecule has 1 aromatic rings. The smallest absolute Gasteiger partial charge is 0.338 e. The lowest BCUT2D eigenvalue weighted by molar-refractivity contribution is -0.0599. The summed E-state index contributed by atoms with van der Waals surface area (Å²) < 4.78 is 4.93. The number of urea groups is 1. The van der Waals surface area contributed by atoms with Crippen molar-refractivity contribution in [3.63, 3.8) is 0 Å². The fraction of sp³-hybridized carbons (Fsp3) is 0.556. The zero-order valence-corrected chi connectivity index (χ0v) is 9.27. The van der Waals surface area contributed by atoms with Gasteiger partial charge in [0.1, 0.15) is 0 Å². The van der Waals surface area contributed by atoms with Crippen LogP contribution in [0.2, 0.25) is 0 Å². The highest BCUT2D eigenvalue weighted by atomic mass is 16.7. The molecule has 0 aliphatic carbocycles. The molecule has 0 aliphatic rings. The van der Waals surface area contributed by atoms with Crippen LogP contribution in [0.4, 0.5) is 10.7 Å². The molecule has 6 heteroatoms. The molecule has 0 aromatic carbocycles. The number of aromatic nitrogens is 1. The lowest BCUT2D eigenvalue weighted by Gasteiger charge is -2.12. The molecule has 84 valence electrons. The SMILES string of the molecule is CON(C)C(=O)Nc1cc(C(C)C)no1. The molecule has 1 heterocycles. The molecule has 0 bridgehead atoms. The molecule has 6 nitrogen and oxygen atoms in total. The number of hydrogen-bond acceptors (Lipinski definition) is 4. The fourth-order valence-corrected chi connectivity index (χ4v) is 0.887. The van der Waals surface area contributed by atoms with Crippen molar-refractivity contribution in [2.45, 2.75) is 19.8 Å². The summed E-state index contributed by atoms with van der Waals surface area (Å²) in [6.07, 6.45) is 0. The van der Waals surface area contributed by atoms with Crippen molar-refractivity contribution in [2.75, 3.05) is 19.5 Å². The average molecular weight is 213 g/mol. The van der Waals surface area contributed by atoms with Crippen molar-refractivity contribution in [1.82, 2.24) is 10.2 Å². The molecule has 0 fully saturated rings. The number of rotatable bonds is 3. The van der Waals surface area contributed by atoms with Gasteiger partial charge in [0, 0.05) is 13.1 Å². The highest BCUT2D eigenvalue weighted by Crippen LogP contribution is 2.17. The number of carbonyl (C=O) groups is 1. The Morgan fingerprint density at radius 2 is 2.33 bits per heavy atom. The van der Waals surface area contributed by atoms with Crippen molar-refractivity contribution < 1.29 is 14.2 Å². The Morgan fingerprint density at radius 1 is 1.67 bits per heavy atom. The Morgan fingerprint density at radius 3 is 2.80 bits per heavy atom. The Kier molecular flexibility index (Phi) is 3.68. The summed E-state index contributed by atoms with van der Waals surface area (Å²) in [7, 11) is 2.90. The van der Waals surface area contributed by atoms with Gasteiger partial charge >= 0.3 is 6.03 Å². The molecule has 2 amide bonds. The van der Waals surface area contributed by atoms with Crippen LogP contribution < -0.4 is 5.32 Å². The van der Waals surface area contributed by atoms with Gasteiger partial charge in [0.15, 0.2) is 0 Å². The van der Waals surface area contributed by atoms with E-state index in [2.05, 4.69) is 10.5 Å². The zero-order chi connectivity index (χ0) is 11.4. The first-order valence-electron chi connectivity index (χ1n) is 4.60. The normalized spacial score (nSPS) is 10.5. The fourth-order valence-electron chi connectivity index (χ4n) is 0.887. The van der Waals surface area contributed by atoms with Crippen LogP contribution in [-0.2, 0) is 4.84 Å². The van der Waals surface area contributed by atoms with Gasteiger partial charge in [-0.1, -0.05) is 19.0 Å². The van der Waals surface area contributed by atoms with Crippen LogP contribution in [0.25, 0.3) is 0 Å². The molecular formula is C9H15N3O3. The number of nitrogens with one attached hydrogen (secondary N) is 1. The molecule has 15 heavy (non-hydrogen) atoms. The number of amides is 2. The van der Waals surface area contributed by atoms with Crippen molar-refractivity contribution >= 4 is 11.9 Å². The molecule has 0 unspecified atom stereocenters. The third-order valence-corrected chi connectivity index (χ3v) is 1.91. The van der Waals surface area contributed by atoms with Crippen molar-refractivity contribution in [1.29, 1.82) is 0 Å². The first-order valence-corrected chi connectivity index (χ1v) is 4.60. The van der Waals surface area contributed by atoms with E-state index in [0.29, 0.717) is 5.88 Å². The Balaban J connectivity index is 2.61. The monoisotopic (exact) mass is 213 g/mol. The molecule has 0 radical (unpaired) electrons. The van der Waals surface area contributed by atoms with Crippen LogP contribution >= 0.6 is 0 Å². The second-order valence-corrected chi connectivity index (χ2v) is 3.38. The van der Waals surface area contributed by atoms with Gasteiger partial charge in [0.2, 0.25) is 5.88 Å². The second-order valence-electron chi connectivity index (χ2n) is 3.38. The van der Waals surface area contributed by atoms with Gasteiger partial charge in [-0.05, 0) is 5.92 Å². The van der Waals surface area contributed by atoms with Gasteiger partial charge in [-0.2, -0.15) is 0 Å². The maximum absolute atomic E-state index is 11.3. The number of nitrogens with zero attached hydrogens (tertiary/aromatic N) is 2. The average Bonchev–Trinajstić information content (AvgIpc) is 2.65. The summed E-state index contributed by atoms with van der Waals surface area (Å²) >= 11 is 0. The summed E-state index contributed by atoms with van der Waals surface area (Å²) in [4.78, 5) is 16.0. The maximum Gasteiger partial charge on any atom is 0.347 e. The van der Waals surface area contributed by atoms with E-state index in [4.69, 9.17) is 9.36 Å². The predicted molar refractivity (Wildman–Crippen MR) is 54.4 cm³/mol. The second kappa shape index (κ2) is 4.79. The van der Waals surface area contributed by atoms with E-state index < -0.39 is 6.03 Å². The largest absolute Gasteiger partial charge is 0.347 e. The van der Waals surface area contributed by atoms with E-state index >= 15 is 0 Å². The minimum Gasteiger partial charge on any atom is -0.338 e. The van der Waals surface area contributed by atoms with Crippen LogP contribution in [0.5, 0.6) is 0 Å². The van der Waals surface area contributed by atoms with E-state index in [1.807, 2.05) is 13.8 Å². The standard InChI is InChI=1S/C9H15N3O3/c1-6(2)7-5-8(15-11-7)10-9(13)12(3)14-4/h5-6H,1-4H3,(H,10,13). The van der Waals surface area contributed by atoms with Gasteiger partial charge < -0.3 is 4.52 Å². The number of hydroxylamine groups is 2. The lowest BCUT2D eigenvalue weighted by Crippen LogP contribution is -2.30. The minimum absolute atomic E-state index is 0.263. The zero-order valence-electron chi connectivity index (χ0n) is 9.27. The summed E-state index contributed by atoms with van der Waals surface area (Å²) in [5.74, 6) is 0.576. The van der Waals surface area contributed by atoms with Crippen LogP contribution in [-0.4, -0.2) is 30.4 Å². The van der Waals surface area contributed by atoms with Gasteiger partial charge in [0.05, 0.1) is 12.8 Å². The molecule has 0 saturated heterocycles. The molecule has 0 atom stereocenters. The summed E-state index contributed by atoms with van der Waals surface area (Å²) in [5, 5.41) is 7.36. The molecule has 1 aromatic heterocycles. The minimum atomic E-state index is -0.413. The first-order chi connectivity index (χ1) is 7.04. The quantitative estimate of drug-likeness (QED) is 0.778. The lowest BCUT2D eigenvalue weighted by atomic mass is 10.1. The predicted octanol–water partition coefficient (Wildman–Crippen LogP) is 1.82. The Hall–Kier alpha value is -1.56. The molecule has 0 aliphatic heterocycles. The van der Waals surface area contributed by atoms with Crippen LogP contribution in [0, 0.1) is 0 Å². The van der Waals surface area contributed by atoms with E-state index in [9.17, 15) is 4.79 Å². The summed E-state index contributed by atoms with van der Waals surface area (Å²) in [6.45, 7) is 3.98. The molecule has 1 N–H and O–H groups in total. The number of carbonyl (C=O) groups excluding carboxylic acids is 1. The van der Waals surface area contributed by atoms with Crippen molar-refractivity contribution in [3.8, 4) is 0 Å². The van der Waals surface area contributed by atoms with Crippen LogP contribution in [0.1, 0.15) is 25.5 Å². The summed E-state index contributed by atoms with van der Waals surface area (Å²) in [5.41, 5.74) is 0.797. The highest BCUT2D eigenvalue weighted by Gasteiger charge is 2.12. The third kappa shape index (κ3) is 2.95. The maximum atomic E-state index is 11.3. The number of hydrogen-bond donors (Lipinski definition) is 1. The molecule has 1 rings (SSSR count). The highest BCUT2D eigenvalue weighted by molar-refractivity contribution is 5.86. The molecule has 0 saturated carbocycles. The Labute approximate surface area is 88.1 Å². The van der Waals surface area contributed by atoms with Gasteiger partial charge in [0.25, 0.3) is 0 Å². The summed E-state index contributed by atoms with van der Waals surface area (Å²) in [6, 6.07) is 1.27. The van der Waals surface area contributed by atoms with Crippen molar-refractivity contribution in [2.24, 2.45) is 0 Å². The van der Waals surface area contributed by atoms with Gasteiger partial charge in [-0.3, -0.25) is 10.2 Å². The Bertz CT molecular complexity index is 335. The third-order valence-electron chi connectivity index (χ3n) is 1.91. The molecule has 0 spiro atoms. The van der Waals surface area contributed by atoms with Gasteiger partial charge in [-0.15, -0.1) is 0 Å². The van der Waals surface area contributed by atoms with E-state index in [1.54, 1.807) is 6.07 Å². The van der Waals surface area contributed by atoms with E-state index in [0.717, 1.165) is 10.8 Å². The van der Waals surface area contributed by atoms with Crippen LogP contribution in [0.15, 0.2) is 10.6 Å².